The van der Waals surface area contributed by atoms with E-state index in [-0.39, 0.29) is 35.9 Å². The molecule has 0 heterocycles. The Morgan fingerprint density at radius 3 is 2.39 bits per heavy atom. The Hall–Kier alpha value is -1.47. The van der Waals surface area contributed by atoms with E-state index in [2.05, 4.69) is 5.32 Å². The number of amides is 2. The zero-order chi connectivity index (χ0) is 24.5. The largest absolute Gasteiger partial charge is 0.352 e. The first-order valence-corrected chi connectivity index (χ1v) is 13.0. The molecule has 2 atom stereocenters. The average molecular weight is 534 g/mol. The van der Waals surface area contributed by atoms with Crippen molar-refractivity contribution in [1.82, 2.24) is 10.2 Å². The summed E-state index contributed by atoms with van der Waals surface area (Å²) >= 11 is 19.5. The minimum Gasteiger partial charge on any atom is -0.352 e. The zero-order valence-electron chi connectivity index (χ0n) is 18.8. The van der Waals surface area contributed by atoms with Gasteiger partial charge in [0.1, 0.15) is 11.9 Å². The Balaban J connectivity index is 2.21. The summed E-state index contributed by atoms with van der Waals surface area (Å²) in [5.74, 6) is -0.533. The molecule has 2 aromatic carbocycles. The predicted molar refractivity (Wildman–Crippen MR) is 137 cm³/mol. The Bertz CT molecular complexity index is 956. The van der Waals surface area contributed by atoms with Crippen LogP contribution in [0.2, 0.25) is 15.1 Å². The average Bonchev–Trinajstić information content (AvgIpc) is 2.77. The van der Waals surface area contributed by atoms with E-state index < -0.39 is 11.9 Å². The number of carbonyl (C=O) groups excluding carboxylic acids is 2. The van der Waals surface area contributed by atoms with Crippen molar-refractivity contribution in [2.75, 3.05) is 5.75 Å². The number of benzene rings is 2. The lowest BCUT2D eigenvalue weighted by molar-refractivity contribution is -0.139. The van der Waals surface area contributed by atoms with Gasteiger partial charge in [-0.3, -0.25) is 9.59 Å². The van der Waals surface area contributed by atoms with E-state index in [1.807, 2.05) is 20.8 Å². The second-order valence-corrected chi connectivity index (χ2v) is 9.91. The van der Waals surface area contributed by atoms with Crippen molar-refractivity contribution < 1.29 is 14.0 Å². The summed E-state index contributed by atoms with van der Waals surface area (Å²) in [5.41, 5.74) is 1.12. The van der Waals surface area contributed by atoms with E-state index in [0.29, 0.717) is 27.1 Å². The van der Waals surface area contributed by atoms with Crippen molar-refractivity contribution in [3.8, 4) is 0 Å². The van der Waals surface area contributed by atoms with Crippen molar-refractivity contribution in [3.05, 3.63) is 68.4 Å². The highest BCUT2D eigenvalue weighted by molar-refractivity contribution is 7.99. The SMILES string of the molecule is CCC(C)NC(=O)C(CC)N(Cc1ccc(Cl)c(Cl)c1)C(=O)CSCc1c(F)cccc1Cl. The van der Waals surface area contributed by atoms with Crippen LogP contribution in [0.15, 0.2) is 36.4 Å². The van der Waals surface area contributed by atoms with E-state index in [0.717, 1.165) is 12.0 Å². The van der Waals surface area contributed by atoms with E-state index in [1.54, 1.807) is 29.2 Å². The number of thioether (sulfide) groups is 1. The van der Waals surface area contributed by atoms with E-state index in [9.17, 15) is 14.0 Å². The molecule has 2 rings (SSSR count). The third-order valence-corrected chi connectivity index (χ3v) is 7.29. The van der Waals surface area contributed by atoms with Gasteiger partial charge in [0.15, 0.2) is 0 Å². The molecule has 0 bridgehead atoms. The van der Waals surface area contributed by atoms with Gasteiger partial charge in [0.05, 0.1) is 15.8 Å². The maximum atomic E-state index is 14.1. The van der Waals surface area contributed by atoms with Crippen LogP contribution in [0.1, 0.15) is 44.7 Å². The molecule has 1 N–H and O–H groups in total. The summed E-state index contributed by atoms with van der Waals surface area (Å²) in [5, 5.41) is 4.08. The first-order chi connectivity index (χ1) is 15.7. The van der Waals surface area contributed by atoms with Crippen molar-refractivity contribution >= 4 is 58.4 Å². The fourth-order valence-corrected chi connectivity index (χ4v) is 4.76. The third-order valence-electron chi connectivity index (χ3n) is 5.26. The lowest BCUT2D eigenvalue weighted by atomic mass is 10.1. The number of hydrogen-bond donors (Lipinski definition) is 1. The molecule has 2 amide bonds. The zero-order valence-corrected chi connectivity index (χ0v) is 21.9. The molecule has 33 heavy (non-hydrogen) atoms. The van der Waals surface area contributed by atoms with Crippen molar-refractivity contribution in [2.24, 2.45) is 0 Å². The second-order valence-electron chi connectivity index (χ2n) is 7.71. The molecule has 0 aromatic heterocycles. The first kappa shape index (κ1) is 27.8. The molecule has 9 heteroatoms. The van der Waals surface area contributed by atoms with Gasteiger partial charge in [0, 0.05) is 28.9 Å². The first-order valence-electron chi connectivity index (χ1n) is 10.7. The number of nitrogens with zero attached hydrogens (tertiary/aromatic N) is 1. The quantitative estimate of drug-likeness (QED) is 0.348. The van der Waals surface area contributed by atoms with Crippen LogP contribution in [0.5, 0.6) is 0 Å². The number of carbonyl (C=O) groups is 2. The Kier molecular flexibility index (Phi) is 11.3. The smallest absolute Gasteiger partial charge is 0.243 e. The number of halogens is 4. The Morgan fingerprint density at radius 2 is 1.79 bits per heavy atom. The fourth-order valence-electron chi connectivity index (χ4n) is 3.19. The van der Waals surface area contributed by atoms with Crippen molar-refractivity contribution in [2.45, 2.75) is 58.0 Å². The number of rotatable bonds is 11. The summed E-state index contributed by atoms with van der Waals surface area (Å²) in [6.45, 7) is 5.96. The van der Waals surface area contributed by atoms with Crippen LogP contribution in [-0.2, 0) is 21.9 Å². The van der Waals surface area contributed by atoms with Gasteiger partial charge in [-0.15, -0.1) is 11.8 Å². The molecule has 4 nitrogen and oxygen atoms in total. The Morgan fingerprint density at radius 1 is 1.06 bits per heavy atom. The van der Waals surface area contributed by atoms with Gasteiger partial charge in [-0.1, -0.05) is 60.8 Å². The highest BCUT2D eigenvalue weighted by Crippen LogP contribution is 2.26. The number of hydrogen-bond acceptors (Lipinski definition) is 3. The molecule has 2 aromatic rings. The normalized spacial score (nSPS) is 12.8. The molecule has 0 aliphatic rings. The predicted octanol–water partition coefficient (Wildman–Crippen LogP) is 6.74. The van der Waals surface area contributed by atoms with Crippen LogP contribution in [-0.4, -0.2) is 34.6 Å². The minimum atomic E-state index is -0.654. The lowest BCUT2D eigenvalue weighted by Gasteiger charge is -2.31. The molecule has 0 aliphatic heterocycles. The Labute approximate surface area is 214 Å². The molecule has 180 valence electrons. The van der Waals surface area contributed by atoms with Crippen LogP contribution < -0.4 is 5.32 Å². The summed E-state index contributed by atoms with van der Waals surface area (Å²) in [7, 11) is 0. The van der Waals surface area contributed by atoms with Crippen molar-refractivity contribution in [1.29, 1.82) is 0 Å². The number of nitrogens with one attached hydrogen (secondary N) is 1. The molecule has 0 radical (unpaired) electrons. The van der Waals surface area contributed by atoms with E-state index >= 15 is 0 Å². The molecule has 2 unspecified atom stereocenters. The maximum Gasteiger partial charge on any atom is 0.243 e. The summed E-state index contributed by atoms with van der Waals surface area (Å²) in [6, 6.07) is 8.96. The highest BCUT2D eigenvalue weighted by Gasteiger charge is 2.29. The molecular weight excluding hydrogens is 506 g/mol. The van der Waals surface area contributed by atoms with Gasteiger partial charge in [-0.2, -0.15) is 0 Å². The van der Waals surface area contributed by atoms with Gasteiger partial charge in [0.2, 0.25) is 11.8 Å². The second kappa shape index (κ2) is 13.4. The van der Waals surface area contributed by atoms with E-state index in [1.165, 1.54) is 23.9 Å². The standard InChI is InChI=1S/C24H28Cl3FN2O2S/c1-4-15(3)29-24(32)22(5-2)30(12-16-9-10-19(26)20(27)11-16)23(31)14-33-13-17-18(25)7-6-8-21(17)28/h6-11,15,22H,4-5,12-14H2,1-3H3,(H,29,32). The van der Waals surface area contributed by atoms with Gasteiger partial charge in [-0.05, 0) is 49.6 Å². The summed E-state index contributed by atoms with van der Waals surface area (Å²) in [4.78, 5) is 27.8. The van der Waals surface area contributed by atoms with Gasteiger partial charge in [0.25, 0.3) is 0 Å². The van der Waals surface area contributed by atoms with Gasteiger partial charge < -0.3 is 10.2 Å². The minimum absolute atomic E-state index is 0.00829. The lowest BCUT2D eigenvalue weighted by Crippen LogP contribution is -2.51. The highest BCUT2D eigenvalue weighted by atomic mass is 35.5. The molecule has 0 saturated carbocycles. The summed E-state index contributed by atoms with van der Waals surface area (Å²) in [6.07, 6.45) is 1.22. The summed E-state index contributed by atoms with van der Waals surface area (Å²) < 4.78 is 14.1. The molecule has 0 aliphatic carbocycles. The fraction of sp³-hybridized carbons (Fsp3) is 0.417. The van der Waals surface area contributed by atoms with Crippen molar-refractivity contribution in [3.63, 3.8) is 0 Å². The van der Waals surface area contributed by atoms with Crippen LogP contribution in [0.3, 0.4) is 0 Å². The molecule has 0 fully saturated rings. The monoisotopic (exact) mass is 532 g/mol. The maximum absolute atomic E-state index is 14.1. The van der Waals surface area contributed by atoms with Gasteiger partial charge >= 0.3 is 0 Å². The van der Waals surface area contributed by atoms with Crippen LogP contribution in [0.4, 0.5) is 4.39 Å². The molecule has 0 spiro atoms. The van der Waals surface area contributed by atoms with Gasteiger partial charge in [-0.25, -0.2) is 4.39 Å². The van der Waals surface area contributed by atoms with Crippen LogP contribution in [0, 0.1) is 5.82 Å². The van der Waals surface area contributed by atoms with E-state index in [4.69, 9.17) is 34.8 Å². The topological polar surface area (TPSA) is 49.4 Å². The van der Waals surface area contributed by atoms with Crippen LogP contribution >= 0.6 is 46.6 Å². The van der Waals surface area contributed by atoms with Crippen LogP contribution in [0.25, 0.3) is 0 Å². The third kappa shape index (κ3) is 8.06. The molecule has 0 saturated heterocycles. The molecular formula is C24H28Cl3FN2O2S.